The van der Waals surface area contributed by atoms with E-state index in [1.807, 2.05) is 50.2 Å². The topological polar surface area (TPSA) is 75.2 Å². The first-order valence-electron chi connectivity index (χ1n) is 9.37. The van der Waals surface area contributed by atoms with Crippen LogP contribution in [0.4, 0.5) is 5.69 Å². The third kappa shape index (κ3) is 4.66. The molecule has 0 unspecified atom stereocenters. The molecular weight excluding hydrogens is 364 g/mol. The Labute approximate surface area is 170 Å². The van der Waals surface area contributed by atoms with E-state index in [4.69, 9.17) is 0 Å². The summed E-state index contributed by atoms with van der Waals surface area (Å²) >= 11 is 0. The molecule has 6 nitrogen and oxygen atoms in total. The summed E-state index contributed by atoms with van der Waals surface area (Å²) in [6.07, 6.45) is 3.31. The molecule has 0 bridgehead atoms. The number of anilines is 1. The van der Waals surface area contributed by atoms with Gasteiger partial charge in [-0.15, -0.1) is 0 Å². The van der Waals surface area contributed by atoms with E-state index in [1.54, 1.807) is 30.4 Å². The van der Waals surface area contributed by atoms with Crippen LogP contribution in [0.5, 0.6) is 0 Å². The van der Waals surface area contributed by atoms with Gasteiger partial charge < -0.3 is 10.2 Å². The highest BCUT2D eigenvalue weighted by molar-refractivity contribution is 5.94. The van der Waals surface area contributed by atoms with E-state index in [1.165, 1.54) is 6.92 Å². The summed E-state index contributed by atoms with van der Waals surface area (Å²) in [5.41, 5.74) is 5.93. The zero-order valence-corrected chi connectivity index (χ0v) is 17.1. The molecule has 3 rings (SSSR count). The number of aromatic nitrogens is 2. The lowest BCUT2D eigenvalue weighted by Crippen LogP contribution is -2.23. The predicted octanol–water partition coefficient (Wildman–Crippen LogP) is 3.67. The standard InChI is InChI=1S/C23H24N4O2/c1-15-12-18(8-10-22(15)27(4)17(3)28)21-9-7-20(14-25-21)23(29)26-13-19-6-5-11-24-16(19)2/h5-12,14H,13H2,1-4H3,(H,26,29). The molecule has 3 aromatic rings. The van der Waals surface area contributed by atoms with Crippen LogP contribution in [-0.4, -0.2) is 28.8 Å². The number of nitrogens with one attached hydrogen (secondary N) is 1. The summed E-state index contributed by atoms with van der Waals surface area (Å²) in [5.74, 6) is -0.197. The van der Waals surface area contributed by atoms with Gasteiger partial charge in [-0.05, 0) is 55.3 Å². The fourth-order valence-corrected chi connectivity index (χ4v) is 3.04. The van der Waals surface area contributed by atoms with Gasteiger partial charge in [0.25, 0.3) is 5.91 Å². The molecule has 1 aromatic carbocycles. The number of benzene rings is 1. The van der Waals surface area contributed by atoms with E-state index in [-0.39, 0.29) is 11.8 Å². The van der Waals surface area contributed by atoms with Gasteiger partial charge in [-0.2, -0.15) is 0 Å². The van der Waals surface area contributed by atoms with Crippen LogP contribution in [0.3, 0.4) is 0 Å². The Balaban J connectivity index is 1.71. The van der Waals surface area contributed by atoms with Crippen LogP contribution in [0.15, 0.2) is 54.9 Å². The molecule has 0 radical (unpaired) electrons. The van der Waals surface area contributed by atoms with E-state index in [2.05, 4.69) is 15.3 Å². The van der Waals surface area contributed by atoms with Crippen molar-refractivity contribution in [1.82, 2.24) is 15.3 Å². The summed E-state index contributed by atoms with van der Waals surface area (Å²) in [5, 5.41) is 2.90. The normalized spacial score (nSPS) is 10.5. The molecule has 148 valence electrons. The molecule has 0 saturated carbocycles. The van der Waals surface area contributed by atoms with Crippen LogP contribution < -0.4 is 10.2 Å². The molecule has 2 aromatic heterocycles. The van der Waals surface area contributed by atoms with Gasteiger partial charge in [0.05, 0.1) is 11.3 Å². The Kier molecular flexibility index (Phi) is 6.02. The molecule has 29 heavy (non-hydrogen) atoms. The molecular formula is C23H24N4O2. The smallest absolute Gasteiger partial charge is 0.253 e. The first-order chi connectivity index (χ1) is 13.9. The zero-order valence-electron chi connectivity index (χ0n) is 17.1. The molecule has 1 N–H and O–H groups in total. The lowest BCUT2D eigenvalue weighted by molar-refractivity contribution is -0.116. The van der Waals surface area contributed by atoms with Crippen molar-refractivity contribution in [3.8, 4) is 11.3 Å². The van der Waals surface area contributed by atoms with Gasteiger partial charge in [0.2, 0.25) is 5.91 Å². The van der Waals surface area contributed by atoms with E-state index in [9.17, 15) is 9.59 Å². The molecule has 0 atom stereocenters. The van der Waals surface area contributed by atoms with Gasteiger partial charge in [0.1, 0.15) is 0 Å². The second-order valence-corrected chi connectivity index (χ2v) is 6.94. The van der Waals surface area contributed by atoms with Crippen molar-refractivity contribution < 1.29 is 9.59 Å². The molecule has 0 fully saturated rings. The average molecular weight is 388 g/mol. The van der Waals surface area contributed by atoms with Crippen LogP contribution in [0.2, 0.25) is 0 Å². The van der Waals surface area contributed by atoms with Gasteiger partial charge in [-0.25, -0.2) is 0 Å². The summed E-state index contributed by atoms with van der Waals surface area (Å²) < 4.78 is 0. The van der Waals surface area contributed by atoms with Gasteiger partial charge in [-0.1, -0.05) is 12.1 Å². The molecule has 2 heterocycles. The number of pyridine rings is 2. The minimum atomic E-state index is -0.179. The number of aryl methyl sites for hydroxylation is 2. The SMILES string of the molecule is CC(=O)N(C)c1ccc(-c2ccc(C(=O)NCc3cccnc3C)cn2)cc1C. The fraction of sp³-hybridized carbons (Fsp3) is 0.217. The number of carbonyl (C=O) groups excluding carboxylic acids is 2. The van der Waals surface area contributed by atoms with Crippen LogP contribution in [-0.2, 0) is 11.3 Å². The second-order valence-electron chi connectivity index (χ2n) is 6.94. The predicted molar refractivity (Wildman–Crippen MR) is 114 cm³/mol. The maximum atomic E-state index is 12.4. The van der Waals surface area contributed by atoms with Crippen molar-refractivity contribution >= 4 is 17.5 Å². The summed E-state index contributed by atoms with van der Waals surface area (Å²) in [7, 11) is 1.75. The van der Waals surface area contributed by atoms with E-state index >= 15 is 0 Å². The number of rotatable bonds is 5. The fourth-order valence-electron chi connectivity index (χ4n) is 3.04. The third-order valence-corrected chi connectivity index (χ3v) is 4.91. The average Bonchev–Trinajstić information content (AvgIpc) is 2.72. The second kappa shape index (κ2) is 8.65. The van der Waals surface area contributed by atoms with Crippen molar-refractivity contribution in [3.63, 3.8) is 0 Å². The summed E-state index contributed by atoms with van der Waals surface area (Å²) in [6, 6.07) is 13.2. The van der Waals surface area contributed by atoms with Crippen molar-refractivity contribution in [2.45, 2.75) is 27.3 Å². The van der Waals surface area contributed by atoms with Crippen molar-refractivity contribution in [1.29, 1.82) is 0 Å². The molecule has 0 aliphatic rings. The Morgan fingerprint density at radius 2 is 1.86 bits per heavy atom. The molecule has 0 saturated heterocycles. The largest absolute Gasteiger partial charge is 0.348 e. The highest BCUT2D eigenvalue weighted by Gasteiger charge is 2.11. The van der Waals surface area contributed by atoms with Crippen LogP contribution in [0.25, 0.3) is 11.3 Å². The van der Waals surface area contributed by atoms with Gasteiger partial charge in [0.15, 0.2) is 0 Å². The minimum absolute atomic E-state index is 0.0178. The van der Waals surface area contributed by atoms with E-state index in [0.29, 0.717) is 12.1 Å². The van der Waals surface area contributed by atoms with E-state index < -0.39 is 0 Å². The number of carbonyl (C=O) groups is 2. The lowest BCUT2D eigenvalue weighted by atomic mass is 10.1. The monoisotopic (exact) mass is 388 g/mol. The zero-order chi connectivity index (χ0) is 21.0. The van der Waals surface area contributed by atoms with Crippen LogP contribution >= 0.6 is 0 Å². The highest BCUT2D eigenvalue weighted by Crippen LogP contribution is 2.25. The third-order valence-electron chi connectivity index (χ3n) is 4.91. The maximum Gasteiger partial charge on any atom is 0.253 e. The highest BCUT2D eigenvalue weighted by atomic mass is 16.2. The van der Waals surface area contributed by atoms with Gasteiger partial charge in [-0.3, -0.25) is 19.6 Å². The minimum Gasteiger partial charge on any atom is -0.348 e. The molecule has 6 heteroatoms. The molecule has 0 spiro atoms. The summed E-state index contributed by atoms with van der Waals surface area (Å²) in [4.78, 5) is 34.3. The number of hydrogen-bond acceptors (Lipinski definition) is 4. The van der Waals surface area contributed by atoms with Crippen LogP contribution in [0, 0.1) is 13.8 Å². The van der Waals surface area contributed by atoms with Crippen molar-refractivity contribution in [2.75, 3.05) is 11.9 Å². The number of amides is 2. The van der Waals surface area contributed by atoms with Crippen molar-refractivity contribution in [3.05, 3.63) is 77.2 Å². The van der Waals surface area contributed by atoms with Gasteiger partial charge in [0, 0.05) is 49.9 Å². The Morgan fingerprint density at radius 3 is 2.48 bits per heavy atom. The first-order valence-corrected chi connectivity index (χ1v) is 9.37. The molecule has 0 aliphatic carbocycles. The van der Waals surface area contributed by atoms with E-state index in [0.717, 1.165) is 33.8 Å². The Morgan fingerprint density at radius 1 is 1.07 bits per heavy atom. The summed E-state index contributed by atoms with van der Waals surface area (Å²) in [6.45, 7) is 5.83. The Bertz CT molecular complexity index is 1040. The quantitative estimate of drug-likeness (QED) is 0.724. The number of hydrogen-bond donors (Lipinski definition) is 1. The molecule has 0 aliphatic heterocycles. The first kappa shape index (κ1) is 20.2. The lowest BCUT2D eigenvalue weighted by Gasteiger charge is -2.18. The number of nitrogens with zero attached hydrogens (tertiary/aromatic N) is 3. The van der Waals surface area contributed by atoms with Gasteiger partial charge >= 0.3 is 0 Å². The molecule has 2 amide bonds. The maximum absolute atomic E-state index is 12.4. The van der Waals surface area contributed by atoms with Crippen molar-refractivity contribution in [2.24, 2.45) is 0 Å². The van der Waals surface area contributed by atoms with Crippen LogP contribution in [0.1, 0.15) is 34.1 Å². The Hall–Kier alpha value is -3.54.